The molecule has 0 rings (SSSR count). The summed E-state index contributed by atoms with van der Waals surface area (Å²) in [6, 6.07) is -0.305. The van der Waals surface area contributed by atoms with Gasteiger partial charge in [0.25, 0.3) is 0 Å². The minimum absolute atomic E-state index is 0.172. The van der Waals surface area contributed by atoms with Crippen LogP contribution in [-0.4, -0.2) is 43.8 Å². The van der Waals surface area contributed by atoms with E-state index in [1.54, 1.807) is 0 Å². The molecule has 1 unspecified atom stereocenters. The van der Waals surface area contributed by atoms with Crippen LogP contribution in [0, 0.1) is 11.8 Å². The Balaban J connectivity index is 3.82. The van der Waals surface area contributed by atoms with Crippen LogP contribution in [0.4, 0.5) is 4.79 Å². The van der Waals surface area contributed by atoms with Crippen molar-refractivity contribution in [1.29, 1.82) is 0 Å². The molecule has 0 aliphatic heterocycles. The first kappa shape index (κ1) is 16.7. The monoisotopic (exact) mass is 259 g/mol. The van der Waals surface area contributed by atoms with Crippen LogP contribution in [-0.2, 0) is 4.79 Å². The third kappa shape index (κ3) is 8.81. The molecule has 0 aromatic rings. The molecule has 0 radical (unpaired) electrons. The van der Waals surface area contributed by atoms with E-state index in [2.05, 4.69) is 16.0 Å². The fourth-order valence-electron chi connectivity index (χ4n) is 1.59. The Kier molecular flexibility index (Phi) is 9.00. The number of carbonyl (C=O) groups excluding carboxylic acids is 1. The van der Waals surface area contributed by atoms with Gasteiger partial charge in [-0.3, -0.25) is 4.79 Å². The number of carboxylic acid groups (broad SMARTS) is 1. The summed E-state index contributed by atoms with van der Waals surface area (Å²) in [5.74, 6) is -1.08. The number of carboxylic acids is 1. The van der Waals surface area contributed by atoms with Gasteiger partial charge in [-0.25, -0.2) is 4.79 Å². The van der Waals surface area contributed by atoms with Crippen molar-refractivity contribution in [3.8, 4) is 0 Å². The zero-order valence-electron chi connectivity index (χ0n) is 11.5. The van der Waals surface area contributed by atoms with E-state index in [4.69, 9.17) is 5.11 Å². The van der Waals surface area contributed by atoms with Crippen LogP contribution >= 0.6 is 0 Å². The lowest BCUT2D eigenvalue weighted by molar-refractivity contribution is -0.142. The Hall–Kier alpha value is -1.30. The van der Waals surface area contributed by atoms with Crippen molar-refractivity contribution in [3.63, 3.8) is 0 Å². The molecule has 6 heteroatoms. The molecule has 0 spiro atoms. The first-order valence-electron chi connectivity index (χ1n) is 6.36. The van der Waals surface area contributed by atoms with Gasteiger partial charge in [0.05, 0.1) is 5.92 Å². The van der Waals surface area contributed by atoms with Crippen molar-refractivity contribution in [2.45, 2.75) is 26.7 Å². The SMILES string of the molecule is CNCCCNC(=O)NCC(CC(C)C)C(=O)O. The Bertz CT molecular complexity index is 257. The Morgan fingerprint density at radius 2 is 1.83 bits per heavy atom. The van der Waals surface area contributed by atoms with Gasteiger partial charge >= 0.3 is 12.0 Å². The van der Waals surface area contributed by atoms with Gasteiger partial charge in [-0.15, -0.1) is 0 Å². The van der Waals surface area contributed by atoms with Gasteiger partial charge in [-0.2, -0.15) is 0 Å². The lowest BCUT2D eigenvalue weighted by Gasteiger charge is -2.15. The van der Waals surface area contributed by atoms with Gasteiger partial charge in [0.15, 0.2) is 0 Å². The zero-order chi connectivity index (χ0) is 14.0. The maximum atomic E-state index is 11.4. The number of hydrogen-bond acceptors (Lipinski definition) is 3. The lowest BCUT2D eigenvalue weighted by atomic mass is 9.97. The molecule has 0 saturated heterocycles. The summed E-state index contributed by atoms with van der Waals surface area (Å²) in [5.41, 5.74) is 0. The van der Waals surface area contributed by atoms with Gasteiger partial charge in [0.1, 0.15) is 0 Å². The topological polar surface area (TPSA) is 90.5 Å². The quantitative estimate of drug-likeness (QED) is 0.457. The summed E-state index contributed by atoms with van der Waals surface area (Å²) in [5, 5.41) is 17.3. The summed E-state index contributed by atoms with van der Waals surface area (Å²) in [7, 11) is 1.85. The van der Waals surface area contributed by atoms with Crippen molar-refractivity contribution in [2.24, 2.45) is 11.8 Å². The number of aliphatic carboxylic acids is 1. The van der Waals surface area contributed by atoms with E-state index in [-0.39, 0.29) is 12.6 Å². The van der Waals surface area contributed by atoms with Crippen molar-refractivity contribution in [1.82, 2.24) is 16.0 Å². The molecule has 0 aromatic heterocycles. The summed E-state index contributed by atoms with van der Waals surface area (Å²) in [6.07, 6.45) is 1.41. The highest BCUT2D eigenvalue weighted by atomic mass is 16.4. The molecule has 2 amide bonds. The second-order valence-electron chi connectivity index (χ2n) is 4.76. The number of nitrogens with one attached hydrogen (secondary N) is 3. The van der Waals surface area contributed by atoms with Gasteiger partial charge in [0, 0.05) is 13.1 Å². The van der Waals surface area contributed by atoms with Crippen LogP contribution < -0.4 is 16.0 Å². The van der Waals surface area contributed by atoms with Crippen LogP contribution in [0.5, 0.6) is 0 Å². The van der Waals surface area contributed by atoms with Crippen LogP contribution in [0.25, 0.3) is 0 Å². The molecule has 0 saturated carbocycles. The van der Waals surface area contributed by atoms with Gasteiger partial charge < -0.3 is 21.1 Å². The molecular weight excluding hydrogens is 234 g/mol. The molecule has 1 atom stereocenters. The molecule has 0 aromatic carbocycles. The minimum Gasteiger partial charge on any atom is -0.481 e. The van der Waals surface area contributed by atoms with E-state index in [1.165, 1.54) is 0 Å². The summed E-state index contributed by atoms with van der Waals surface area (Å²) < 4.78 is 0. The van der Waals surface area contributed by atoms with E-state index in [9.17, 15) is 9.59 Å². The summed E-state index contributed by atoms with van der Waals surface area (Å²) in [4.78, 5) is 22.4. The fraction of sp³-hybridized carbons (Fsp3) is 0.833. The maximum Gasteiger partial charge on any atom is 0.314 e. The van der Waals surface area contributed by atoms with Crippen LogP contribution in [0.3, 0.4) is 0 Å². The highest BCUT2D eigenvalue weighted by molar-refractivity contribution is 5.75. The second-order valence-corrected chi connectivity index (χ2v) is 4.76. The van der Waals surface area contributed by atoms with Crippen molar-refractivity contribution < 1.29 is 14.7 Å². The molecule has 106 valence electrons. The molecule has 0 heterocycles. The highest BCUT2D eigenvalue weighted by Crippen LogP contribution is 2.10. The normalized spacial score (nSPS) is 12.2. The first-order valence-corrected chi connectivity index (χ1v) is 6.36. The van der Waals surface area contributed by atoms with Crippen molar-refractivity contribution >= 4 is 12.0 Å². The number of urea groups is 1. The molecule has 0 bridgehead atoms. The standard InChI is InChI=1S/C12H25N3O3/c1-9(2)7-10(11(16)17)8-15-12(18)14-6-4-5-13-3/h9-10,13H,4-8H2,1-3H3,(H,16,17)(H2,14,15,18). The van der Waals surface area contributed by atoms with Gasteiger partial charge in [-0.05, 0) is 32.4 Å². The fourth-order valence-corrected chi connectivity index (χ4v) is 1.59. The minimum atomic E-state index is -0.862. The molecule has 0 aliphatic carbocycles. The summed E-state index contributed by atoms with van der Waals surface area (Å²) >= 11 is 0. The van der Waals surface area contributed by atoms with E-state index < -0.39 is 11.9 Å². The molecule has 0 fully saturated rings. The van der Waals surface area contributed by atoms with E-state index in [0.717, 1.165) is 13.0 Å². The lowest BCUT2D eigenvalue weighted by Crippen LogP contribution is -2.40. The third-order valence-corrected chi connectivity index (χ3v) is 2.50. The third-order valence-electron chi connectivity index (χ3n) is 2.50. The maximum absolute atomic E-state index is 11.4. The number of hydrogen-bond donors (Lipinski definition) is 4. The Labute approximate surface area is 109 Å². The molecular formula is C12H25N3O3. The van der Waals surface area contributed by atoms with Crippen molar-refractivity contribution in [2.75, 3.05) is 26.7 Å². The van der Waals surface area contributed by atoms with E-state index in [0.29, 0.717) is 18.9 Å². The molecule has 18 heavy (non-hydrogen) atoms. The zero-order valence-corrected chi connectivity index (χ0v) is 11.5. The smallest absolute Gasteiger partial charge is 0.314 e. The van der Waals surface area contributed by atoms with Crippen LogP contribution in [0.2, 0.25) is 0 Å². The molecule has 6 nitrogen and oxygen atoms in total. The Morgan fingerprint density at radius 1 is 1.17 bits per heavy atom. The van der Waals surface area contributed by atoms with Crippen molar-refractivity contribution in [3.05, 3.63) is 0 Å². The Morgan fingerprint density at radius 3 is 2.33 bits per heavy atom. The predicted molar refractivity (Wildman–Crippen MR) is 70.5 cm³/mol. The predicted octanol–water partition coefficient (Wildman–Crippen LogP) is 0.642. The summed E-state index contributed by atoms with van der Waals surface area (Å²) in [6.45, 7) is 5.52. The average molecular weight is 259 g/mol. The van der Waals surface area contributed by atoms with Gasteiger partial charge in [-0.1, -0.05) is 13.8 Å². The number of rotatable bonds is 9. The van der Waals surface area contributed by atoms with E-state index >= 15 is 0 Å². The van der Waals surface area contributed by atoms with Crippen LogP contribution in [0.15, 0.2) is 0 Å². The van der Waals surface area contributed by atoms with Crippen LogP contribution in [0.1, 0.15) is 26.7 Å². The number of amides is 2. The molecule has 0 aliphatic rings. The first-order chi connectivity index (χ1) is 8.47. The van der Waals surface area contributed by atoms with Gasteiger partial charge in [0.2, 0.25) is 0 Å². The highest BCUT2D eigenvalue weighted by Gasteiger charge is 2.19. The molecule has 4 N–H and O–H groups in total. The average Bonchev–Trinajstić information content (AvgIpc) is 2.29. The van der Waals surface area contributed by atoms with E-state index in [1.807, 2.05) is 20.9 Å². The second kappa shape index (κ2) is 9.70. The largest absolute Gasteiger partial charge is 0.481 e. The number of carbonyl (C=O) groups is 2.